The average Bonchev–Trinajstić information content (AvgIpc) is 3.38. The van der Waals surface area contributed by atoms with Crippen molar-refractivity contribution in [2.45, 2.75) is 26.3 Å². The first-order chi connectivity index (χ1) is 15.2. The molecular formula is C23H24N6OS. The van der Waals surface area contributed by atoms with Crippen LogP contribution in [0.25, 0.3) is 21.1 Å². The molecule has 158 valence electrons. The number of nitrogens with one attached hydrogen (secondary N) is 2. The number of piperazine rings is 1. The van der Waals surface area contributed by atoms with Crippen LogP contribution in [0, 0.1) is 0 Å². The van der Waals surface area contributed by atoms with Crippen molar-refractivity contribution in [3.63, 3.8) is 0 Å². The van der Waals surface area contributed by atoms with Gasteiger partial charge in [0.1, 0.15) is 10.6 Å². The molecular weight excluding hydrogens is 408 g/mol. The number of aromatic amines is 1. The van der Waals surface area contributed by atoms with Gasteiger partial charge in [-0.3, -0.25) is 4.79 Å². The smallest absolute Gasteiger partial charge is 0.239 e. The molecule has 0 saturated carbocycles. The molecule has 7 nitrogen and oxygen atoms in total. The molecule has 2 N–H and O–H groups in total. The summed E-state index contributed by atoms with van der Waals surface area (Å²) in [5, 5.41) is 5.33. The zero-order valence-corrected chi connectivity index (χ0v) is 18.3. The van der Waals surface area contributed by atoms with Gasteiger partial charge in [-0.1, -0.05) is 25.1 Å². The number of fused-ring (bicyclic) bond motifs is 4. The van der Waals surface area contributed by atoms with Crippen LogP contribution in [0.15, 0.2) is 30.3 Å². The first kappa shape index (κ1) is 18.6. The Morgan fingerprint density at radius 3 is 2.87 bits per heavy atom. The quantitative estimate of drug-likeness (QED) is 0.520. The number of amides is 1. The van der Waals surface area contributed by atoms with Crippen LogP contribution in [0.1, 0.15) is 23.1 Å². The molecule has 8 heteroatoms. The van der Waals surface area contributed by atoms with Crippen molar-refractivity contribution in [1.82, 2.24) is 20.3 Å². The molecule has 3 aromatic heterocycles. The summed E-state index contributed by atoms with van der Waals surface area (Å²) >= 11 is 1.73. The van der Waals surface area contributed by atoms with Gasteiger partial charge in [0, 0.05) is 41.1 Å². The normalized spacial score (nSPS) is 16.7. The van der Waals surface area contributed by atoms with Gasteiger partial charge < -0.3 is 20.1 Å². The predicted molar refractivity (Wildman–Crippen MR) is 125 cm³/mol. The summed E-state index contributed by atoms with van der Waals surface area (Å²) in [6.45, 7) is 5.55. The van der Waals surface area contributed by atoms with Crippen LogP contribution < -0.4 is 15.1 Å². The Kier molecular flexibility index (Phi) is 4.34. The Labute approximate surface area is 184 Å². The lowest BCUT2D eigenvalue weighted by Gasteiger charge is -2.31. The molecule has 0 spiro atoms. The highest BCUT2D eigenvalue weighted by molar-refractivity contribution is 7.18. The van der Waals surface area contributed by atoms with Crippen LogP contribution in [0.2, 0.25) is 0 Å². The summed E-state index contributed by atoms with van der Waals surface area (Å²) in [5.41, 5.74) is 3.89. The molecule has 0 aliphatic carbocycles. The van der Waals surface area contributed by atoms with Crippen LogP contribution in [0.5, 0.6) is 0 Å². The zero-order valence-electron chi connectivity index (χ0n) is 17.4. The number of carbonyl (C=O) groups excluding carboxylic acids is 1. The van der Waals surface area contributed by atoms with E-state index in [1.807, 2.05) is 4.90 Å². The lowest BCUT2D eigenvalue weighted by atomic mass is 10.0. The predicted octanol–water partition coefficient (Wildman–Crippen LogP) is 3.23. The highest BCUT2D eigenvalue weighted by Crippen LogP contribution is 2.36. The number of hydrogen-bond acceptors (Lipinski definition) is 6. The molecule has 1 aromatic carbocycles. The number of rotatable bonds is 3. The van der Waals surface area contributed by atoms with Crippen molar-refractivity contribution in [2.24, 2.45) is 0 Å². The van der Waals surface area contributed by atoms with Gasteiger partial charge >= 0.3 is 0 Å². The summed E-state index contributed by atoms with van der Waals surface area (Å²) in [7, 11) is 0. The number of nitrogens with zero attached hydrogens (tertiary/aromatic N) is 4. The van der Waals surface area contributed by atoms with Crippen LogP contribution >= 0.6 is 11.3 Å². The van der Waals surface area contributed by atoms with Gasteiger partial charge in [-0.25, -0.2) is 4.98 Å². The average molecular weight is 433 g/mol. The van der Waals surface area contributed by atoms with E-state index in [0.29, 0.717) is 19.0 Å². The van der Waals surface area contributed by atoms with Crippen molar-refractivity contribution in [2.75, 3.05) is 36.0 Å². The molecule has 0 atom stereocenters. The van der Waals surface area contributed by atoms with E-state index in [-0.39, 0.29) is 5.91 Å². The summed E-state index contributed by atoms with van der Waals surface area (Å²) in [5.74, 6) is 1.66. The second-order valence-corrected chi connectivity index (χ2v) is 9.32. The molecule has 6 rings (SSSR count). The van der Waals surface area contributed by atoms with Gasteiger partial charge in [0.05, 0.1) is 18.5 Å². The fourth-order valence-corrected chi connectivity index (χ4v) is 5.64. The Morgan fingerprint density at radius 2 is 2.00 bits per heavy atom. The lowest BCUT2D eigenvalue weighted by molar-refractivity contribution is -0.120. The van der Waals surface area contributed by atoms with E-state index < -0.39 is 0 Å². The second kappa shape index (κ2) is 7.23. The van der Waals surface area contributed by atoms with E-state index in [0.717, 1.165) is 48.5 Å². The molecule has 1 saturated heterocycles. The molecule has 4 aromatic rings. The molecule has 0 bridgehead atoms. The minimum atomic E-state index is 0.0256. The number of aromatic nitrogens is 3. The summed E-state index contributed by atoms with van der Waals surface area (Å²) in [6.07, 6.45) is 1.96. The van der Waals surface area contributed by atoms with E-state index in [2.05, 4.69) is 52.5 Å². The topological polar surface area (TPSA) is 77.2 Å². The van der Waals surface area contributed by atoms with Crippen LogP contribution in [0.3, 0.4) is 0 Å². The lowest BCUT2D eigenvalue weighted by Crippen LogP contribution is -2.48. The number of aryl methyl sites for hydroxylation is 1. The molecule has 2 aliphatic heterocycles. The Balaban J connectivity index is 1.43. The molecule has 1 amide bonds. The third-order valence-corrected chi connectivity index (χ3v) is 7.44. The van der Waals surface area contributed by atoms with Gasteiger partial charge in [-0.05, 0) is 30.5 Å². The summed E-state index contributed by atoms with van der Waals surface area (Å²) in [4.78, 5) is 32.1. The Morgan fingerprint density at radius 1 is 1.10 bits per heavy atom. The number of carbonyl (C=O) groups is 1. The maximum absolute atomic E-state index is 11.9. The first-order valence-electron chi connectivity index (χ1n) is 10.8. The minimum Gasteiger partial charge on any atom is -0.357 e. The monoisotopic (exact) mass is 432 g/mol. The van der Waals surface area contributed by atoms with Crippen LogP contribution in [-0.2, 0) is 24.2 Å². The molecule has 0 radical (unpaired) electrons. The highest BCUT2D eigenvalue weighted by atomic mass is 32.1. The van der Waals surface area contributed by atoms with E-state index in [1.165, 1.54) is 27.0 Å². The van der Waals surface area contributed by atoms with Gasteiger partial charge in [0.2, 0.25) is 11.9 Å². The molecule has 2 aliphatic rings. The van der Waals surface area contributed by atoms with Gasteiger partial charge in [0.15, 0.2) is 0 Å². The maximum Gasteiger partial charge on any atom is 0.239 e. The van der Waals surface area contributed by atoms with Crippen molar-refractivity contribution >= 4 is 50.1 Å². The van der Waals surface area contributed by atoms with Crippen molar-refractivity contribution < 1.29 is 4.79 Å². The number of para-hydroxylation sites is 1. The van der Waals surface area contributed by atoms with Crippen molar-refractivity contribution in [3.8, 4) is 0 Å². The molecule has 1 fully saturated rings. The second-order valence-electron chi connectivity index (χ2n) is 8.20. The zero-order chi connectivity index (χ0) is 20.9. The Hall–Kier alpha value is -3.13. The third-order valence-electron chi connectivity index (χ3n) is 6.26. The van der Waals surface area contributed by atoms with E-state index in [9.17, 15) is 4.79 Å². The standard InChI is InChI=1S/C23H24N6OS/c1-2-14-11-17-21(26-23(27-22(17)31-14)29-10-8-24-20(30)13-29)28-9-7-16-15-5-3-4-6-18(15)25-19(16)12-28/h3-6,11,25H,2,7-10,12-13H2,1H3,(H,24,30). The number of anilines is 2. The van der Waals surface area contributed by atoms with E-state index >= 15 is 0 Å². The third kappa shape index (κ3) is 3.13. The van der Waals surface area contributed by atoms with Crippen LogP contribution in [0.4, 0.5) is 11.8 Å². The fourth-order valence-electron chi connectivity index (χ4n) is 4.69. The number of hydrogen-bond donors (Lipinski definition) is 2. The minimum absolute atomic E-state index is 0.0256. The van der Waals surface area contributed by atoms with Gasteiger partial charge in [0.25, 0.3) is 0 Å². The Bertz CT molecular complexity index is 1310. The molecule has 5 heterocycles. The summed E-state index contributed by atoms with van der Waals surface area (Å²) < 4.78 is 0. The fraction of sp³-hybridized carbons (Fsp3) is 0.348. The number of thiophene rings is 1. The first-order valence-corrected chi connectivity index (χ1v) is 11.7. The summed E-state index contributed by atoms with van der Waals surface area (Å²) in [6, 6.07) is 10.8. The van der Waals surface area contributed by atoms with Gasteiger partial charge in [-0.2, -0.15) is 4.98 Å². The van der Waals surface area contributed by atoms with Crippen molar-refractivity contribution in [3.05, 3.63) is 46.5 Å². The number of benzene rings is 1. The number of H-pyrrole nitrogens is 1. The van der Waals surface area contributed by atoms with E-state index in [1.54, 1.807) is 11.3 Å². The SMILES string of the molecule is CCc1cc2c(N3CCc4c([nH]c5ccccc45)C3)nc(N3CCNC(=O)C3)nc2s1. The highest BCUT2D eigenvalue weighted by Gasteiger charge is 2.26. The van der Waals surface area contributed by atoms with Crippen LogP contribution in [-0.4, -0.2) is 47.0 Å². The van der Waals surface area contributed by atoms with E-state index in [4.69, 9.17) is 9.97 Å². The van der Waals surface area contributed by atoms with Gasteiger partial charge in [-0.15, -0.1) is 11.3 Å². The largest absolute Gasteiger partial charge is 0.357 e. The van der Waals surface area contributed by atoms with Crippen molar-refractivity contribution in [1.29, 1.82) is 0 Å². The maximum atomic E-state index is 11.9. The molecule has 31 heavy (non-hydrogen) atoms. The molecule has 0 unspecified atom stereocenters.